The van der Waals surface area contributed by atoms with Crippen molar-refractivity contribution in [1.29, 1.82) is 0 Å². The topological polar surface area (TPSA) is 104 Å². The molecule has 208 valence electrons. The van der Waals surface area contributed by atoms with Crippen molar-refractivity contribution in [1.82, 2.24) is 24.6 Å². The van der Waals surface area contributed by atoms with E-state index in [1.807, 2.05) is 0 Å². The van der Waals surface area contributed by atoms with Gasteiger partial charge in [0.25, 0.3) is 6.43 Å². The van der Waals surface area contributed by atoms with E-state index >= 15 is 0 Å². The minimum absolute atomic E-state index is 0.0891. The first kappa shape index (κ1) is 29.4. The molecule has 1 unspecified atom stereocenters. The number of imidazole rings is 1. The Labute approximate surface area is 217 Å². The van der Waals surface area contributed by atoms with Crippen LogP contribution >= 0.6 is 0 Å². The van der Waals surface area contributed by atoms with Gasteiger partial charge in [0, 0.05) is 29.8 Å². The number of hydrogen-bond acceptors (Lipinski definition) is 6. The highest BCUT2D eigenvalue weighted by Crippen LogP contribution is 2.41. The number of rotatable bonds is 7. The van der Waals surface area contributed by atoms with Crippen LogP contribution in [0.2, 0.25) is 0 Å². The lowest BCUT2D eigenvalue weighted by Crippen LogP contribution is -2.43. The summed E-state index contributed by atoms with van der Waals surface area (Å²) in [5.41, 5.74) is -0.107. The molecule has 1 fully saturated rings. The molecule has 1 aliphatic rings. The fourth-order valence-corrected chi connectivity index (χ4v) is 4.87. The summed E-state index contributed by atoms with van der Waals surface area (Å²) in [5, 5.41) is 6.95. The van der Waals surface area contributed by atoms with E-state index in [2.05, 4.69) is 20.1 Å². The third-order valence-electron chi connectivity index (χ3n) is 5.99. The van der Waals surface area contributed by atoms with Gasteiger partial charge in [0.1, 0.15) is 16.4 Å². The summed E-state index contributed by atoms with van der Waals surface area (Å²) in [7, 11) is 0. The van der Waals surface area contributed by atoms with Crippen molar-refractivity contribution in [3.8, 4) is 0 Å². The molecule has 0 bridgehead atoms. The Kier molecular flexibility index (Phi) is 8.70. The molecule has 3 rings (SSSR count). The SMILES string of the molecule is CC(C)(C)OC(=O)N[C@H](c1cn2ncc([C@H](N[S+]([O-])C(C)(C)C)C(F)F)cc2n1)C1CCC(F)(F)CC1. The maximum absolute atomic E-state index is 13.9. The Hall–Kier alpha value is -2.12. The van der Waals surface area contributed by atoms with E-state index < -0.39 is 52.2 Å². The van der Waals surface area contributed by atoms with Crippen molar-refractivity contribution >= 4 is 23.1 Å². The quantitative estimate of drug-likeness (QED) is 0.350. The largest absolute Gasteiger partial charge is 0.598 e. The van der Waals surface area contributed by atoms with E-state index in [-0.39, 0.29) is 42.8 Å². The highest BCUT2D eigenvalue weighted by molar-refractivity contribution is 7.90. The summed E-state index contributed by atoms with van der Waals surface area (Å²) in [4.78, 5) is 17.1. The maximum Gasteiger partial charge on any atom is 0.408 e. The van der Waals surface area contributed by atoms with E-state index in [9.17, 15) is 26.9 Å². The number of carbonyl (C=O) groups is 1. The zero-order valence-electron chi connectivity index (χ0n) is 21.9. The second kappa shape index (κ2) is 10.9. The molecule has 1 saturated carbocycles. The minimum Gasteiger partial charge on any atom is -0.598 e. The molecule has 0 spiro atoms. The molecule has 2 aromatic rings. The van der Waals surface area contributed by atoms with Gasteiger partial charge in [-0.1, -0.05) is 0 Å². The number of carbonyl (C=O) groups excluding carboxylic acids is 1. The molecule has 13 heteroatoms. The summed E-state index contributed by atoms with van der Waals surface area (Å²) in [6.45, 7) is 10.1. The normalized spacial score (nSPS) is 19.6. The lowest BCUT2D eigenvalue weighted by molar-refractivity contribution is -0.0500. The number of amides is 1. The number of hydrogen-bond donors (Lipinski definition) is 2. The third kappa shape index (κ3) is 7.93. The number of fused-ring (bicyclic) bond motifs is 1. The zero-order valence-corrected chi connectivity index (χ0v) is 22.7. The summed E-state index contributed by atoms with van der Waals surface area (Å²) >= 11 is -1.76. The molecule has 0 aliphatic heterocycles. The first-order chi connectivity index (χ1) is 16.9. The van der Waals surface area contributed by atoms with Crippen molar-refractivity contribution in [2.24, 2.45) is 5.92 Å². The summed E-state index contributed by atoms with van der Waals surface area (Å²) in [6, 6.07) is -0.887. The summed E-state index contributed by atoms with van der Waals surface area (Å²) in [5.74, 6) is -3.09. The van der Waals surface area contributed by atoms with E-state index in [4.69, 9.17) is 4.74 Å². The van der Waals surface area contributed by atoms with E-state index in [1.165, 1.54) is 23.0 Å². The van der Waals surface area contributed by atoms with Crippen molar-refractivity contribution in [2.45, 2.75) is 102 Å². The van der Waals surface area contributed by atoms with Gasteiger partial charge in [-0.2, -0.15) is 5.10 Å². The van der Waals surface area contributed by atoms with Crippen LogP contribution in [0.4, 0.5) is 22.4 Å². The van der Waals surface area contributed by atoms with Crippen molar-refractivity contribution in [3.63, 3.8) is 0 Å². The Morgan fingerprint density at radius 2 is 1.84 bits per heavy atom. The highest BCUT2D eigenvalue weighted by atomic mass is 32.2. The number of halogens is 4. The van der Waals surface area contributed by atoms with Gasteiger partial charge in [0.15, 0.2) is 5.65 Å². The fraction of sp³-hybridized carbons (Fsp3) is 0.708. The monoisotopic (exact) mass is 549 g/mol. The predicted molar refractivity (Wildman–Crippen MR) is 132 cm³/mol. The lowest BCUT2D eigenvalue weighted by atomic mass is 9.81. The third-order valence-corrected chi connectivity index (χ3v) is 7.57. The van der Waals surface area contributed by atoms with Gasteiger partial charge >= 0.3 is 6.09 Å². The Bertz CT molecular complexity index is 1080. The molecule has 2 N–H and O–H groups in total. The van der Waals surface area contributed by atoms with Gasteiger partial charge in [-0.3, -0.25) is 0 Å². The highest BCUT2D eigenvalue weighted by Gasteiger charge is 2.40. The average Bonchev–Trinajstić information content (AvgIpc) is 3.16. The van der Waals surface area contributed by atoms with Gasteiger partial charge in [0.05, 0.1) is 24.1 Å². The van der Waals surface area contributed by atoms with Gasteiger partial charge in [-0.05, 0) is 66.4 Å². The lowest BCUT2D eigenvalue weighted by Gasteiger charge is -2.33. The molecule has 0 aromatic carbocycles. The molecule has 3 atom stereocenters. The van der Waals surface area contributed by atoms with E-state index in [0.29, 0.717) is 5.69 Å². The van der Waals surface area contributed by atoms with Crippen molar-refractivity contribution < 1.29 is 31.6 Å². The standard InChI is InChI=1S/C24H35F4N5O3S/c1-22(2,3)36-21(34)31-18(14-7-9-24(27,28)10-8-14)16-13-33-17(30-16)11-15(12-29-33)19(20(25)26)32-37(35)23(4,5)6/h11-14,18-20,32H,7-10H2,1-6H3,(H,31,34)/t18-,19-,37?/m0/s1. The number of alkyl halides is 4. The minimum atomic E-state index is -2.87. The average molecular weight is 550 g/mol. The Morgan fingerprint density at radius 3 is 2.38 bits per heavy atom. The number of nitrogens with one attached hydrogen (secondary N) is 2. The van der Waals surface area contributed by atoms with Gasteiger partial charge in [-0.15, -0.1) is 4.72 Å². The summed E-state index contributed by atoms with van der Waals surface area (Å²) < 4.78 is 76.3. The molecule has 37 heavy (non-hydrogen) atoms. The number of aromatic nitrogens is 3. The van der Waals surface area contributed by atoms with Crippen LogP contribution in [-0.2, 0) is 16.1 Å². The molecular formula is C24H35F4N5O3S. The smallest absolute Gasteiger partial charge is 0.408 e. The molecule has 0 saturated heterocycles. The van der Waals surface area contributed by atoms with Crippen LogP contribution in [-0.4, -0.2) is 47.9 Å². The Morgan fingerprint density at radius 1 is 1.22 bits per heavy atom. The van der Waals surface area contributed by atoms with Gasteiger partial charge in [-0.25, -0.2) is 31.9 Å². The second-order valence-corrected chi connectivity index (χ2v) is 13.4. The van der Waals surface area contributed by atoms with Crippen LogP contribution in [0.5, 0.6) is 0 Å². The van der Waals surface area contributed by atoms with Crippen LogP contribution in [0.3, 0.4) is 0 Å². The van der Waals surface area contributed by atoms with E-state index in [0.717, 1.165) is 0 Å². The van der Waals surface area contributed by atoms with Gasteiger partial charge in [0.2, 0.25) is 5.92 Å². The van der Waals surface area contributed by atoms with Crippen molar-refractivity contribution in [2.75, 3.05) is 0 Å². The molecule has 8 nitrogen and oxygen atoms in total. The molecule has 1 aliphatic carbocycles. The van der Waals surface area contributed by atoms with Crippen LogP contribution in [0.15, 0.2) is 18.5 Å². The Balaban J connectivity index is 1.92. The maximum atomic E-state index is 13.9. The zero-order chi connectivity index (χ0) is 27.8. The molecular weight excluding hydrogens is 514 g/mol. The van der Waals surface area contributed by atoms with Gasteiger partial charge < -0.3 is 14.6 Å². The fourth-order valence-electron chi connectivity index (χ4n) is 4.05. The first-order valence-electron chi connectivity index (χ1n) is 12.1. The molecule has 2 heterocycles. The van der Waals surface area contributed by atoms with Crippen LogP contribution in [0.25, 0.3) is 5.65 Å². The first-order valence-corrected chi connectivity index (χ1v) is 13.3. The number of nitrogens with zero attached hydrogens (tertiary/aromatic N) is 3. The predicted octanol–water partition coefficient (Wildman–Crippen LogP) is 5.48. The van der Waals surface area contributed by atoms with Crippen LogP contribution in [0, 0.1) is 5.92 Å². The molecule has 2 aromatic heterocycles. The molecule has 0 radical (unpaired) electrons. The molecule has 1 amide bonds. The van der Waals surface area contributed by atoms with Crippen LogP contribution in [0.1, 0.15) is 90.6 Å². The van der Waals surface area contributed by atoms with Crippen LogP contribution < -0.4 is 10.0 Å². The van der Waals surface area contributed by atoms with Crippen molar-refractivity contribution in [3.05, 3.63) is 29.7 Å². The number of alkyl carbamates (subject to hydrolysis) is 1. The number of ether oxygens (including phenoxy) is 1. The van der Waals surface area contributed by atoms with E-state index in [1.54, 1.807) is 41.5 Å². The second-order valence-electron chi connectivity index (χ2n) is 11.4. The summed E-state index contributed by atoms with van der Waals surface area (Å²) in [6.07, 6.45) is -1.11.